The molecule has 0 fully saturated rings. The highest BCUT2D eigenvalue weighted by atomic mass is 32.2. The van der Waals surface area contributed by atoms with E-state index in [0.29, 0.717) is 18.8 Å². The summed E-state index contributed by atoms with van der Waals surface area (Å²) in [6.07, 6.45) is -3.93. The molecule has 1 heterocycles. The molecule has 2 aromatic rings. The normalized spacial score (nSPS) is 12.1. The molecular formula is C14H16F3N5O3S. The molecule has 0 bridgehead atoms. The Morgan fingerprint density at radius 3 is 2.35 bits per heavy atom. The van der Waals surface area contributed by atoms with Crippen molar-refractivity contribution in [3.8, 4) is 0 Å². The Bertz CT molecular complexity index is 825. The van der Waals surface area contributed by atoms with E-state index in [4.69, 9.17) is 0 Å². The zero-order chi connectivity index (χ0) is 19.3. The van der Waals surface area contributed by atoms with E-state index in [2.05, 4.69) is 19.9 Å². The molecule has 12 heteroatoms. The highest BCUT2D eigenvalue weighted by Gasteiger charge is 2.41. The monoisotopic (exact) mass is 391 g/mol. The summed E-state index contributed by atoms with van der Waals surface area (Å²) in [5, 5.41) is 10.8. The van der Waals surface area contributed by atoms with E-state index >= 15 is 0 Å². The highest BCUT2D eigenvalue weighted by molar-refractivity contribution is 7.74. The Morgan fingerprint density at radius 2 is 1.85 bits per heavy atom. The van der Waals surface area contributed by atoms with E-state index in [1.165, 1.54) is 18.4 Å². The zero-order valence-corrected chi connectivity index (χ0v) is 14.7. The third-order valence-electron chi connectivity index (χ3n) is 3.40. The first kappa shape index (κ1) is 19.7. The van der Waals surface area contributed by atoms with Crippen LogP contribution >= 0.6 is 0 Å². The smallest absolute Gasteiger partial charge is 0.372 e. The second-order valence-electron chi connectivity index (χ2n) is 4.92. The standard InChI is InChI=1S/C14H16F3N5O3S/c1-3-21(4-2)10-5-6-11(18-19-13-7-8-25-20-13)12(9-10)22(26(23)24)14(15,16)17/h5-9,26H,3-4H2,1-2H3. The summed E-state index contributed by atoms with van der Waals surface area (Å²) in [6.45, 7) is 4.73. The quantitative estimate of drug-likeness (QED) is 0.440. The lowest BCUT2D eigenvalue weighted by molar-refractivity contribution is -0.115. The van der Waals surface area contributed by atoms with Gasteiger partial charge in [0.25, 0.3) is 0 Å². The van der Waals surface area contributed by atoms with Gasteiger partial charge in [0.05, 0.1) is 5.69 Å². The fraction of sp³-hybridized carbons (Fsp3) is 0.357. The number of hydrogen-bond donors (Lipinski definition) is 1. The minimum Gasteiger partial charge on any atom is -0.372 e. The first-order valence-electron chi connectivity index (χ1n) is 7.50. The van der Waals surface area contributed by atoms with Crippen LogP contribution in [-0.2, 0) is 10.9 Å². The van der Waals surface area contributed by atoms with Crippen molar-refractivity contribution in [2.24, 2.45) is 10.2 Å². The predicted octanol–water partition coefficient (Wildman–Crippen LogP) is 3.79. The van der Waals surface area contributed by atoms with E-state index in [-0.39, 0.29) is 11.5 Å². The SMILES string of the molecule is CCN(CC)c1ccc(N=Nc2ccon2)c(N([SH](=O)=O)C(F)(F)F)c1. The van der Waals surface area contributed by atoms with Crippen molar-refractivity contribution in [3.05, 3.63) is 30.5 Å². The maximum absolute atomic E-state index is 13.3. The summed E-state index contributed by atoms with van der Waals surface area (Å²) < 4.78 is 66.3. The molecule has 2 rings (SSSR count). The fourth-order valence-corrected chi connectivity index (χ4v) is 2.75. The number of anilines is 2. The molecule has 0 aliphatic heterocycles. The largest absolute Gasteiger partial charge is 0.498 e. The summed E-state index contributed by atoms with van der Waals surface area (Å²) in [6, 6.07) is 5.27. The Morgan fingerprint density at radius 1 is 1.15 bits per heavy atom. The Hall–Kier alpha value is -2.63. The molecule has 0 spiro atoms. The number of thiol groups is 1. The summed E-state index contributed by atoms with van der Waals surface area (Å²) in [4.78, 5) is 1.77. The van der Waals surface area contributed by atoms with Crippen LogP contribution in [0.4, 0.5) is 36.1 Å². The molecule has 0 aliphatic carbocycles. The van der Waals surface area contributed by atoms with E-state index in [1.54, 1.807) is 11.0 Å². The van der Waals surface area contributed by atoms with Gasteiger partial charge in [0.15, 0.2) is 0 Å². The number of hydrogen-bond acceptors (Lipinski definition) is 7. The Balaban J connectivity index is 2.59. The molecule has 0 N–H and O–H groups in total. The van der Waals surface area contributed by atoms with Gasteiger partial charge in [-0.05, 0) is 32.0 Å². The number of halogens is 3. The van der Waals surface area contributed by atoms with Gasteiger partial charge in [-0.2, -0.15) is 4.31 Å². The number of azo groups is 1. The summed E-state index contributed by atoms with van der Waals surface area (Å²) in [5.41, 5.74) is -0.498. The van der Waals surface area contributed by atoms with Crippen LogP contribution in [0.15, 0.2) is 45.3 Å². The van der Waals surface area contributed by atoms with Crippen LogP contribution in [0.3, 0.4) is 0 Å². The number of rotatable bonds is 7. The van der Waals surface area contributed by atoms with Crippen LogP contribution < -0.4 is 9.21 Å². The van der Waals surface area contributed by atoms with E-state index < -0.39 is 27.2 Å². The molecule has 26 heavy (non-hydrogen) atoms. The number of nitrogens with zero attached hydrogens (tertiary/aromatic N) is 5. The fourth-order valence-electron chi connectivity index (χ4n) is 2.23. The van der Waals surface area contributed by atoms with Crippen molar-refractivity contribution in [3.63, 3.8) is 0 Å². The third-order valence-corrected chi connectivity index (χ3v) is 4.17. The van der Waals surface area contributed by atoms with Gasteiger partial charge in [-0.25, -0.2) is 8.42 Å². The van der Waals surface area contributed by atoms with Crippen molar-refractivity contribution in [2.45, 2.75) is 20.1 Å². The Kier molecular flexibility index (Phi) is 6.18. The minimum absolute atomic E-state index is 0.0360. The molecule has 8 nitrogen and oxygen atoms in total. The predicted molar refractivity (Wildman–Crippen MR) is 89.5 cm³/mol. The third kappa shape index (κ3) is 4.50. The van der Waals surface area contributed by atoms with Crippen molar-refractivity contribution in [1.29, 1.82) is 0 Å². The minimum atomic E-state index is -5.14. The summed E-state index contributed by atoms with van der Waals surface area (Å²) in [7, 11) is -3.99. The maximum atomic E-state index is 13.3. The molecule has 0 saturated carbocycles. The summed E-state index contributed by atoms with van der Waals surface area (Å²) >= 11 is 0. The molecule has 1 aromatic carbocycles. The lowest BCUT2D eigenvalue weighted by Gasteiger charge is -2.25. The number of alkyl halides is 3. The van der Waals surface area contributed by atoms with Gasteiger partial charge in [-0.1, -0.05) is 5.16 Å². The molecule has 1 aromatic heterocycles. The van der Waals surface area contributed by atoms with Crippen molar-refractivity contribution >= 4 is 33.8 Å². The van der Waals surface area contributed by atoms with Gasteiger partial charge in [0.2, 0.25) is 16.7 Å². The first-order chi connectivity index (χ1) is 12.3. The van der Waals surface area contributed by atoms with Gasteiger partial charge in [0.1, 0.15) is 12.0 Å². The van der Waals surface area contributed by atoms with Crippen molar-refractivity contribution in [2.75, 3.05) is 22.3 Å². The summed E-state index contributed by atoms with van der Waals surface area (Å²) in [5.74, 6) is 0.0360. The van der Waals surface area contributed by atoms with Gasteiger partial charge < -0.3 is 9.42 Å². The van der Waals surface area contributed by atoms with Gasteiger partial charge in [0, 0.05) is 24.8 Å². The van der Waals surface area contributed by atoms with E-state index in [0.717, 1.165) is 6.07 Å². The van der Waals surface area contributed by atoms with Gasteiger partial charge in [-0.15, -0.1) is 23.4 Å². The van der Waals surface area contributed by atoms with E-state index in [1.807, 2.05) is 13.8 Å². The van der Waals surface area contributed by atoms with Crippen LogP contribution in [-0.4, -0.2) is 33.0 Å². The second-order valence-corrected chi connectivity index (χ2v) is 5.80. The molecule has 0 radical (unpaired) electrons. The number of benzene rings is 1. The Labute approximate surface area is 149 Å². The first-order valence-corrected chi connectivity index (χ1v) is 8.63. The molecule has 0 amide bonds. The van der Waals surface area contributed by atoms with Crippen molar-refractivity contribution < 1.29 is 26.1 Å². The highest BCUT2D eigenvalue weighted by Crippen LogP contribution is 2.39. The number of aromatic nitrogens is 1. The molecule has 142 valence electrons. The van der Waals surface area contributed by atoms with Crippen LogP contribution in [0.5, 0.6) is 0 Å². The van der Waals surface area contributed by atoms with Gasteiger partial charge in [-0.3, -0.25) is 0 Å². The molecule has 0 aliphatic rings. The van der Waals surface area contributed by atoms with Gasteiger partial charge >= 0.3 is 6.30 Å². The van der Waals surface area contributed by atoms with Crippen LogP contribution in [0.2, 0.25) is 0 Å². The maximum Gasteiger partial charge on any atom is 0.498 e. The lowest BCUT2D eigenvalue weighted by atomic mass is 10.2. The van der Waals surface area contributed by atoms with Crippen LogP contribution in [0.25, 0.3) is 0 Å². The molecule has 0 saturated heterocycles. The van der Waals surface area contributed by atoms with E-state index in [9.17, 15) is 21.6 Å². The second kappa shape index (κ2) is 8.17. The molecule has 0 atom stereocenters. The topological polar surface area (TPSA) is 91.4 Å². The average molecular weight is 391 g/mol. The average Bonchev–Trinajstić information content (AvgIpc) is 3.07. The molecular weight excluding hydrogens is 375 g/mol. The lowest BCUT2D eigenvalue weighted by Crippen LogP contribution is -2.36. The molecule has 0 unspecified atom stereocenters. The van der Waals surface area contributed by atoms with Crippen LogP contribution in [0, 0.1) is 0 Å². The van der Waals surface area contributed by atoms with Crippen molar-refractivity contribution in [1.82, 2.24) is 5.16 Å². The van der Waals surface area contributed by atoms with Crippen LogP contribution in [0.1, 0.15) is 13.8 Å². The zero-order valence-electron chi connectivity index (χ0n) is 13.8.